The van der Waals surface area contributed by atoms with E-state index in [1.807, 2.05) is 54.2 Å². The standard InChI is InChI=1S/C22H22N6O/c1-14(4-3-5-15(2)23)17-10-21-25-8-9-27(21)13-18(17)16-6-7-20-26-11-19(22(24)29)28(20)12-16/h3-14H,23H2,1-2H3,(H2,24,29)/b4-3-,15-5-. The van der Waals surface area contributed by atoms with Gasteiger partial charge in [-0.05, 0) is 36.8 Å². The summed E-state index contributed by atoms with van der Waals surface area (Å²) in [6.45, 7) is 3.98. The summed E-state index contributed by atoms with van der Waals surface area (Å²) in [5.74, 6) is -0.392. The van der Waals surface area contributed by atoms with Crippen molar-refractivity contribution in [3.63, 3.8) is 0 Å². The molecule has 0 fully saturated rings. The number of carbonyl (C=O) groups excluding carboxylic acids is 1. The highest BCUT2D eigenvalue weighted by atomic mass is 16.1. The third-order valence-electron chi connectivity index (χ3n) is 4.88. The Morgan fingerprint density at radius 2 is 2.00 bits per heavy atom. The number of aromatic nitrogens is 4. The summed E-state index contributed by atoms with van der Waals surface area (Å²) in [6.07, 6.45) is 15.1. The zero-order valence-corrected chi connectivity index (χ0v) is 16.3. The van der Waals surface area contributed by atoms with Gasteiger partial charge in [-0.2, -0.15) is 0 Å². The smallest absolute Gasteiger partial charge is 0.267 e. The molecule has 0 spiro atoms. The van der Waals surface area contributed by atoms with Crippen LogP contribution in [0.4, 0.5) is 0 Å². The van der Waals surface area contributed by atoms with Gasteiger partial charge in [0.25, 0.3) is 5.91 Å². The van der Waals surface area contributed by atoms with Gasteiger partial charge >= 0.3 is 0 Å². The SMILES string of the molecule is C/C(N)=C/C=C\C(C)c1cc2nccn2cc1-c1ccc2ncc(C(N)=O)n2c1. The van der Waals surface area contributed by atoms with E-state index in [2.05, 4.69) is 29.0 Å². The molecule has 0 aliphatic heterocycles. The van der Waals surface area contributed by atoms with Crippen molar-refractivity contribution in [3.05, 3.63) is 84.4 Å². The van der Waals surface area contributed by atoms with Crippen LogP contribution in [0.3, 0.4) is 0 Å². The summed E-state index contributed by atoms with van der Waals surface area (Å²) in [5.41, 5.74) is 17.0. The second-order valence-electron chi connectivity index (χ2n) is 7.07. The average Bonchev–Trinajstić information content (AvgIpc) is 3.32. The van der Waals surface area contributed by atoms with Gasteiger partial charge in [0.1, 0.15) is 17.0 Å². The third-order valence-corrected chi connectivity index (χ3v) is 4.88. The zero-order chi connectivity index (χ0) is 20.5. The number of hydrogen-bond acceptors (Lipinski definition) is 4. The molecule has 4 heterocycles. The van der Waals surface area contributed by atoms with E-state index in [-0.39, 0.29) is 5.92 Å². The Bertz CT molecular complexity index is 1270. The van der Waals surface area contributed by atoms with E-state index in [4.69, 9.17) is 11.5 Å². The van der Waals surface area contributed by atoms with Crippen LogP contribution in [0.15, 0.2) is 73.1 Å². The summed E-state index contributed by atoms with van der Waals surface area (Å²) in [6, 6.07) is 5.95. The van der Waals surface area contributed by atoms with E-state index >= 15 is 0 Å². The van der Waals surface area contributed by atoms with Gasteiger partial charge in [-0.3, -0.25) is 9.20 Å². The van der Waals surface area contributed by atoms with Crippen LogP contribution in [0.5, 0.6) is 0 Å². The molecule has 7 heteroatoms. The normalized spacial score (nSPS) is 13.5. The molecule has 146 valence electrons. The molecule has 0 aliphatic rings. The predicted molar refractivity (Wildman–Crippen MR) is 113 cm³/mol. The third kappa shape index (κ3) is 3.50. The minimum absolute atomic E-state index is 0.122. The lowest BCUT2D eigenvalue weighted by Gasteiger charge is -2.15. The summed E-state index contributed by atoms with van der Waals surface area (Å²) >= 11 is 0. The maximum atomic E-state index is 11.7. The van der Waals surface area contributed by atoms with E-state index < -0.39 is 5.91 Å². The number of carbonyl (C=O) groups is 1. The van der Waals surface area contributed by atoms with Crippen molar-refractivity contribution in [2.75, 3.05) is 0 Å². The Morgan fingerprint density at radius 3 is 2.76 bits per heavy atom. The number of amides is 1. The van der Waals surface area contributed by atoms with Gasteiger partial charge in [0.15, 0.2) is 0 Å². The van der Waals surface area contributed by atoms with E-state index in [1.165, 1.54) is 6.20 Å². The van der Waals surface area contributed by atoms with Crippen LogP contribution in [0.2, 0.25) is 0 Å². The van der Waals surface area contributed by atoms with Crippen LogP contribution in [-0.4, -0.2) is 24.7 Å². The van der Waals surface area contributed by atoms with Gasteiger partial charge in [0.2, 0.25) is 0 Å². The second-order valence-corrected chi connectivity index (χ2v) is 7.07. The fraction of sp³-hybridized carbons (Fsp3) is 0.136. The van der Waals surface area contributed by atoms with E-state index in [0.717, 1.165) is 28.0 Å². The van der Waals surface area contributed by atoms with E-state index in [9.17, 15) is 4.79 Å². The quantitative estimate of drug-likeness (QED) is 0.514. The van der Waals surface area contributed by atoms with E-state index in [1.54, 1.807) is 10.6 Å². The van der Waals surface area contributed by atoms with Gasteiger partial charge in [-0.25, -0.2) is 9.97 Å². The predicted octanol–water partition coefficient (Wildman–Crippen LogP) is 3.27. The highest BCUT2D eigenvalue weighted by Gasteiger charge is 2.15. The Labute approximate surface area is 168 Å². The number of fused-ring (bicyclic) bond motifs is 2. The number of pyridine rings is 2. The topological polar surface area (TPSA) is 104 Å². The monoisotopic (exact) mass is 386 g/mol. The first-order valence-electron chi connectivity index (χ1n) is 9.28. The molecule has 4 N–H and O–H groups in total. The van der Waals surface area contributed by atoms with E-state index in [0.29, 0.717) is 11.3 Å². The largest absolute Gasteiger partial charge is 0.402 e. The van der Waals surface area contributed by atoms with Gasteiger partial charge in [-0.15, -0.1) is 0 Å². The Hall–Kier alpha value is -3.87. The van der Waals surface area contributed by atoms with Crippen LogP contribution in [0.1, 0.15) is 35.8 Å². The molecule has 1 unspecified atom stereocenters. The van der Waals surface area contributed by atoms with Crippen molar-refractivity contribution < 1.29 is 4.79 Å². The number of primary amides is 1. The minimum Gasteiger partial charge on any atom is -0.402 e. The van der Waals surface area contributed by atoms with Gasteiger partial charge in [-0.1, -0.05) is 19.1 Å². The number of rotatable bonds is 5. The highest BCUT2D eigenvalue weighted by molar-refractivity contribution is 5.92. The van der Waals surface area contributed by atoms with Crippen molar-refractivity contribution in [2.24, 2.45) is 11.5 Å². The Morgan fingerprint density at radius 1 is 1.17 bits per heavy atom. The summed E-state index contributed by atoms with van der Waals surface area (Å²) in [7, 11) is 0. The molecule has 4 rings (SSSR count). The fourth-order valence-corrected chi connectivity index (χ4v) is 3.39. The molecule has 0 radical (unpaired) electrons. The van der Waals surface area contributed by atoms with Crippen LogP contribution in [-0.2, 0) is 0 Å². The first-order valence-corrected chi connectivity index (χ1v) is 9.28. The average molecular weight is 386 g/mol. The lowest BCUT2D eigenvalue weighted by molar-refractivity contribution is 0.0995. The molecule has 4 aromatic heterocycles. The number of imidazole rings is 2. The summed E-state index contributed by atoms with van der Waals surface area (Å²) < 4.78 is 3.70. The zero-order valence-electron chi connectivity index (χ0n) is 16.3. The molecule has 0 aliphatic carbocycles. The van der Waals surface area contributed by atoms with Crippen LogP contribution >= 0.6 is 0 Å². The van der Waals surface area contributed by atoms with Gasteiger partial charge in [0.05, 0.1) is 6.20 Å². The highest BCUT2D eigenvalue weighted by Crippen LogP contribution is 2.31. The number of nitrogens with two attached hydrogens (primary N) is 2. The molecule has 29 heavy (non-hydrogen) atoms. The Balaban J connectivity index is 1.89. The van der Waals surface area contributed by atoms with Crippen LogP contribution < -0.4 is 11.5 Å². The molecule has 0 saturated heterocycles. The first kappa shape index (κ1) is 18.5. The number of nitrogens with zero attached hydrogens (tertiary/aromatic N) is 4. The maximum absolute atomic E-state index is 11.7. The second kappa shape index (κ2) is 7.27. The van der Waals surface area contributed by atoms with Crippen molar-refractivity contribution in [1.82, 2.24) is 18.8 Å². The maximum Gasteiger partial charge on any atom is 0.267 e. The summed E-state index contributed by atoms with van der Waals surface area (Å²) in [4.78, 5) is 20.4. The molecule has 4 aromatic rings. The molecule has 0 aromatic carbocycles. The molecular weight excluding hydrogens is 364 g/mol. The van der Waals surface area contributed by atoms with Crippen molar-refractivity contribution in [1.29, 1.82) is 0 Å². The molecule has 7 nitrogen and oxygen atoms in total. The minimum atomic E-state index is -0.514. The van der Waals surface area contributed by atoms with Crippen molar-refractivity contribution in [2.45, 2.75) is 19.8 Å². The first-order chi connectivity index (χ1) is 13.9. The molecular formula is C22H22N6O. The lowest BCUT2D eigenvalue weighted by Crippen LogP contribution is -2.13. The van der Waals surface area contributed by atoms with Gasteiger partial charge < -0.3 is 15.9 Å². The molecule has 1 atom stereocenters. The molecule has 0 bridgehead atoms. The molecule has 1 amide bonds. The van der Waals surface area contributed by atoms with Crippen molar-refractivity contribution >= 4 is 17.2 Å². The number of hydrogen-bond donors (Lipinski definition) is 2. The van der Waals surface area contributed by atoms with Crippen LogP contribution in [0.25, 0.3) is 22.4 Å². The van der Waals surface area contributed by atoms with Gasteiger partial charge in [0, 0.05) is 47.5 Å². The lowest BCUT2D eigenvalue weighted by atomic mass is 9.93. The molecule has 0 saturated carbocycles. The van der Waals surface area contributed by atoms with Crippen LogP contribution in [0, 0.1) is 0 Å². The van der Waals surface area contributed by atoms with Crippen molar-refractivity contribution in [3.8, 4) is 11.1 Å². The number of allylic oxidation sites excluding steroid dienone is 4. The Kier molecular flexibility index (Phi) is 4.64. The fourth-order valence-electron chi connectivity index (χ4n) is 3.39. The summed E-state index contributed by atoms with van der Waals surface area (Å²) in [5, 5.41) is 0.